The van der Waals surface area contributed by atoms with Crippen LogP contribution in [0.3, 0.4) is 0 Å². The zero-order chi connectivity index (χ0) is 13.2. The number of halogens is 1. The number of hydrogen-bond acceptors (Lipinski definition) is 3. The van der Waals surface area contributed by atoms with Gasteiger partial charge in [0.15, 0.2) is 0 Å². The van der Waals surface area contributed by atoms with E-state index in [9.17, 15) is 13.5 Å². The Morgan fingerprint density at radius 1 is 1.22 bits per heavy atom. The third-order valence-corrected chi connectivity index (χ3v) is 5.29. The lowest BCUT2D eigenvalue weighted by molar-refractivity contribution is 0.475. The minimum atomic E-state index is -3.42. The molecule has 100 valence electrons. The molecule has 6 heteroatoms. The lowest BCUT2D eigenvalue weighted by atomic mass is 10.0. The largest absolute Gasteiger partial charge is 0.506 e. The van der Waals surface area contributed by atoms with Crippen molar-refractivity contribution in [3.8, 4) is 5.75 Å². The molecule has 0 radical (unpaired) electrons. The molecular formula is C12H16ClNO3S. The van der Waals surface area contributed by atoms with E-state index in [1.807, 2.05) is 0 Å². The van der Waals surface area contributed by atoms with Crippen molar-refractivity contribution in [2.45, 2.75) is 37.4 Å². The van der Waals surface area contributed by atoms with Gasteiger partial charge in [0.1, 0.15) is 5.75 Å². The predicted molar refractivity (Wildman–Crippen MR) is 72.5 cm³/mol. The Morgan fingerprint density at radius 3 is 2.50 bits per heavy atom. The topological polar surface area (TPSA) is 66.4 Å². The van der Waals surface area contributed by atoms with Crippen LogP contribution >= 0.6 is 11.6 Å². The molecule has 0 amide bonds. The first-order valence-corrected chi connectivity index (χ1v) is 7.91. The maximum absolute atomic E-state index is 12.1. The number of aromatic hydroxyl groups is 1. The highest BCUT2D eigenvalue weighted by Gasteiger charge is 2.27. The standard InChI is InChI=1S/C12H16ClNO3S/c13-9-6-7-11(12(15)8-9)14-18(16,17)10-4-2-1-3-5-10/h6-8,10,14-15H,1-5H2. The van der Waals surface area contributed by atoms with E-state index in [4.69, 9.17) is 11.6 Å². The van der Waals surface area contributed by atoms with E-state index >= 15 is 0 Å². The van der Waals surface area contributed by atoms with Crippen molar-refractivity contribution in [1.82, 2.24) is 0 Å². The van der Waals surface area contributed by atoms with Crippen LogP contribution in [0.1, 0.15) is 32.1 Å². The second-order valence-electron chi connectivity index (χ2n) is 4.57. The average Bonchev–Trinajstić information content (AvgIpc) is 2.34. The van der Waals surface area contributed by atoms with Gasteiger partial charge in [-0.25, -0.2) is 8.42 Å². The summed E-state index contributed by atoms with van der Waals surface area (Å²) < 4.78 is 26.7. The molecule has 1 aliphatic carbocycles. The van der Waals surface area contributed by atoms with Gasteiger partial charge >= 0.3 is 0 Å². The summed E-state index contributed by atoms with van der Waals surface area (Å²) >= 11 is 5.70. The van der Waals surface area contributed by atoms with E-state index in [-0.39, 0.29) is 16.7 Å². The second-order valence-corrected chi connectivity index (χ2v) is 6.97. The van der Waals surface area contributed by atoms with Crippen LogP contribution in [0.25, 0.3) is 0 Å². The summed E-state index contributed by atoms with van der Waals surface area (Å²) in [5, 5.41) is 9.65. The van der Waals surface area contributed by atoms with Crippen molar-refractivity contribution >= 4 is 27.3 Å². The number of phenolic OH excluding ortho intramolecular Hbond substituents is 1. The first-order chi connectivity index (χ1) is 8.49. The second kappa shape index (κ2) is 5.36. The van der Waals surface area contributed by atoms with Crippen LogP contribution in [-0.4, -0.2) is 18.8 Å². The normalized spacial score (nSPS) is 17.6. The quantitative estimate of drug-likeness (QED) is 0.840. The molecule has 4 nitrogen and oxygen atoms in total. The number of hydrogen-bond donors (Lipinski definition) is 2. The highest BCUT2D eigenvalue weighted by molar-refractivity contribution is 7.93. The molecule has 0 aliphatic heterocycles. The number of rotatable bonds is 3. The molecule has 2 rings (SSSR count). The lowest BCUT2D eigenvalue weighted by Gasteiger charge is -2.22. The third kappa shape index (κ3) is 3.09. The van der Waals surface area contributed by atoms with Gasteiger partial charge in [0.2, 0.25) is 10.0 Å². The van der Waals surface area contributed by atoms with Crippen LogP contribution in [0.4, 0.5) is 5.69 Å². The van der Waals surface area contributed by atoms with Gasteiger partial charge in [0.25, 0.3) is 0 Å². The number of anilines is 1. The molecule has 0 aromatic heterocycles. The van der Waals surface area contributed by atoms with E-state index in [0.29, 0.717) is 17.9 Å². The molecule has 18 heavy (non-hydrogen) atoms. The zero-order valence-corrected chi connectivity index (χ0v) is 11.5. The van der Waals surface area contributed by atoms with Gasteiger partial charge in [-0.15, -0.1) is 0 Å². The molecule has 0 spiro atoms. The molecule has 2 N–H and O–H groups in total. The fraction of sp³-hybridized carbons (Fsp3) is 0.500. The van der Waals surface area contributed by atoms with E-state index in [1.54, 1.807) is 6.07 Å². The van der Waals surface area contributed by atoms with Crippen LogP contribution in [-0.2, 0) is 10.0 Å². The van der Waals surface area contributed by atoms with Crippen LogP contribution in [0.5, 0.6) is 5.75 Å². The molecule has 0 unspecified atom stereocenters. The van der Waals surface area contributed by atoms with Crippen molar-refractivity contribution in [2.24, 2.45) is 0 Å². The van der Waals surface area contributed by atoms with Crippen LogP contribution in [0.2, 0.25) is 5.02 Å². The van der Waals surface area contributed by atoms with Crippen LogP contribution < -0.4 is 4.72 Å². The summed E-state index contributed by atoms with van der Waals surface area (Å²) in [5.41, 5.74) is 0.185. The number of nitrogens with one attached hydrogen (secondary N) is 1. The summed E-state index contributed by atoms with van der Waals surface area (Å²) in [4.78, 5) is 0. The summed E-state index contributed by atoms with van der Waals surface area (Å²) in [6.45, 7) is 0. The molecule has 1 saturated carbocycles. The van der Waals surface area contributed by atoms with Gasteiger partial charge in [-0.3, -0.25) is 4.72 Å². The van der Waals surface area contributed by atoms with Gasteiger partial charge in [-0.2, -0.15) is 0 Å². The smallest absolute Gasteiger partial charge is 0.235 e. The highest BCUT2D eigenvalue weighted by Crippen LogP contribution is 2.30. The fourth-order valence-electron chi connectivity index (χ4n) is 2.20. The van der Waals surface area contributed by atoms with Gasteiger partial charge in [-0.1, -0.05) is 30.9 Å². The molecule has 0 saturated heterocycles. The first-order valence-electron chi connectivity index (χ1n) is 5.99. The molecule has 1 aromatic carbocycles. The van der Waals surface area contributed by atoms with Crippen LogP contribution in [0.15, 0.2) is 18.2 Å². The van der Waals surface area contributed by atoms with E-state index in [1.165, 1.54) is 12.1 Å². The van der Waals surface area contributed by atoms with Gasteiger partial charge in [0, 0.05) is 11.1 Å². The van der Waals surface area contributed by atoms with E-state index in [0.717, 1.165) is 19.3 Å². The maximum atomic E-state index is 12.1. The van der Waals surface area contributed by atoms with Crippen molar-refractivity contribution in [3.05, 3.63) is 23.2 Å². The Morgan fingerprint density at radius 2 is 1.89 bits per heavy atom. The van der Waals surface area contributed by atoms with E-state index in [2.05, 4.69) is 4.72 Å². The lowest BCUT2D eigenvalue weighted by Crippen LogP contribution is -2.29. The Hall–Kier alpha value is -0.940. The SMILES string of the molecule is O=S(=O)(Nc1ccc(Cl)cc1O)C1CCCCC1. The Labute approximate surface area is 112 Å². The predicted octanol–water partition coefficient (Wildman–Crippen LogP) is 3.12. The molecule has 0 heterocycles. The summed E-state index contributed by atoms with van der Waals surface area (Å²) in [6, 6.07) is 4.33. The molecule has 1 fully saturated rings. The molecular weight excluding hydrogens is 274 g/mol. The Balaban J connectivity index is 2.16. The summed E-state index contributed by atoms with van der Waals surface area (Å²) in [6.07, 6.45) is 4.35. The minimum absolute atomic E-state index is 0.151. The van der Waals surface area contributed by atoms with Crippen molar-refractivity contribution in [1.29, 1.82) is 0 Å². The summed E-state index contributed by atoms with van der Waals surface area (Å²) in [5.74, 6) is -0.151. The van der Waals surface area contributed by atoms with Gasteiger partial charge in [-0.05, 0) is 25.0 Å². The Kier molecular flexibility index (Phi) is 4.02. The Bertz CT molecular complexity index is 524. The van der Waals surface area contributed by atoms with Crippen molar-refractivity contribution in [2.75, 3.05) is 4.72 Å². The number of phenols is 1. The number of sulfonamides is 1. The van der Waals surface area contributed by atoms with Gasteiger partial charge in [0.05, 0.1) is 10.9 Å². The van der Waals surface area contributed by atoms with Crippen molar-refractivity contribution < 1.29 is 13.5 Å². The van der Waals surface area contributed by atoms with Crippen LogP contribution in [0, 0.1) is 0 Å². The first kappa shape index (κ1) is 13.5. The van der Waals surface area contributed by atoms with E-state index < -0.39 is 10.0 Å². The molecule has 0 atom stereocenters. The molecule has 0 bridgehead atoms. The molecule has 1 aliphatic rings. The fourth-order valence-corrected chi connectivity index (χ4v) is 3.97. The average molecular weight is 290 g/mol. The van der Waals surface area contributed by atoms with Crippen molar-refractivity contribution in [3.63, 3.8) is 0 Å². The third-order valence-electron chi connectivity index (χ3n) is 3.20. The number of benzene rings is 1. The summed E-state index contributed by atoms with van der Waals surface area (Å²) in [7, 11) is -3.42. The highest BCUT2D eigenvalue weighted by atomic mass is 35.5. The maximum Gasteiger partial charge on any atom is 0.235 e. The monoisotopic (exact) mass is 289 g/mol. The minimum Gasteiger partial charge on any atom is -0.506 e. The molecule has 1 aromatic rings. The zero-order valence-electron chi connectivity index (χ0n) is 9.89. The van der Waals surface area contributed by atoms with Gasteiger partial charge < -0.3 is 5.11 Å².